The highest BCUT2D eigenvalue weighted by Gasteiger charge is 2.38. The summed E-state index contributed by atoms with van der Waals surface area (Å²) in [6, 6.07) is 3.61. The first kappa shape index (κ1) is 14.7. The van der Waals surface area contributed by atoms with Crippen LogP contribution >= 0.6 is 11.3 Å². The third-order valence-electron chi connectivity index (χ3n) is 3.37. The summed E-state index contributed by atoms with van der Waals surface area (Å²) >= 11 is 1.13. The van der Waals surface area contributed by atoms with Crippen LogP contribution < -0.4 is 4.74 Å². The lowest BCUT2D eigenvalue weighted by atomic mass is 10.0. The largest absolute Gasteiger partial charge is 0.469 e. The van der Waals surface area contributed by atoms with Crippen molar-refractivity contribution < 1.29 is 23.5 Å². The molecule has 0 aromatic carbocycles. The molecule has 116 valence electrons. The van der Waals surface area contributed by atoms with E-state index in [1.54, 1.807) is 17.7 Å². The van der Waals surface area contributed by atoms with Gasteiger partial charge < -0.3 is 18.8 Å². The van der Waals surface area contributed by atoms with Crippen molar-refractivity contribution in [3.63, 3.8) is 0 Å². The molecule has 0 spiro atoms. The van der Waals surface area contributed by atoms with E-state index >= 15 is 0 Å². The number of thiazole rings is 1. The Balaban J connectivity index is 1.63. The molecule has 1 aliphatic rings. The van der Waals surface area contributed by atoms with Crippen molar-refractivity contribution in [2.75, 3.05) is 20.1 Å². The number of ether oxygens (including phenoxy) is 2. The maximum Gasteiger partial charge on any atom is 0.424 e. The van der Waals surface area contributed by atoms with Gasteiger partial charge in [0.15, 0.2) is 0 Å². The molecule has 0 amide bonds. The number of likely N-dealkylation sites (tertiary alicyclic amines) is 1. The average molecular weight is 322 g/mol. The maximum absolute atomic E-state index is 11.9. The van der Waals surface area contributed by atoms with Gasteiger partial charge in [-0.3, -0.25) is 0 Å². The highest BCUT2D eigenvalue weighted by atomic mass is 32.1. The number of nitrogens with zero attached hydrogens (tertiary/aromatic N) is 2. The lowest BCUT2D eigenvalue weighted by Gasteiger charge is -2.16. The Labute approximate surface area is 130 Å². The summed E-state index contributed by atoms with van der Waals surface area (Å²) < 4.78 is 15.5. The number of hydrogen-bond acceptors (Lipinski definition) is 8. The summed E-state index contributed by atoms with van der Waals surface area (Å²) in [4.78, 5) is 29.4. The van der Waals surface area contributed by atoms with Crippen molar-refractivity contribution in [2.45, 2.75) is 12.0 Å². The normalized spacial score (nSPS) is 21.7. The number of carbonyl (C=O) groups is 2. The van der Waals surface area contributed by atoms with Crippen molar-refractivity contribution in [3.05, 3.63) is 35.7 Å². The number of likely N-dealkylation sites (N-methyl/N-ethyl adjacent to an activating group) is 1. The van der Waals surface area contributed by atoms with E-state index in [-0.39, 0.29) is 11.1 Å². The van der Waals surface area contributed by atoms with Gasteiger partial charge in [0, 0.05) is 24.7 Å². The van der Waals surface area contributed by atoms with Gasteiger partial charge in [-0.15, -0.1) is 0 Å². The molecule has 0 radical (unpaired) electrons. The van der Waals surface area contributed by atoms with Gasteiger partial charge in [-0.1, -0.05) is 11.3 Å². The molecule has 0 aliphatic carbocycles. The Bertz CT molecular complexity index is 640. The molecule has 2 aromatic rings. The Morgan fingerprint density at radius 3 is 2.95 bits per heavy atom. The second-order valence-electron chi connectivity index (χ2n) is 4.97. The average Bonchev–Trinajstić information content (AvgIpc) is 3.20. The van der Waals surface area contributed by atoms with Crippen molar-refractivity contribution in [3.8, 4) is 5.19 Å². The van der Waals surface area contributed by atoms with Gasteiger partial charge >= 0.3 is 11.9 Å². The second-order valence-corrected chi connectivity index (χ2v) is 5.83. The summed E-state index contributed by atoms with van der Waals surface area (Å²) in [6.07, 6.45) is 2.60. The van der Waals surface area contributed by atoms with Crippen LogP contribution in [0.2, 0.25) is 0 Å². The van der Waals surface area contributed by atoms with E-state index in [0.717, 1.165) is 17.1 Å². The first-order valence-corrected chi connectivity index (χ1v) is 7.55. The molecule has 7 nitrogen and oxygen atoms in total. The lowest BCUT2D eigenvalue weighted by molar-refractivity contribution is -0.165. The summed E-state index contributed by atoms with van der Waals surface area (Å²) in [7, 11) is 1.91. The van der Waals surface area contributed by atoms with E-state index in [9.17, 15) is 9.59 Å². The quantitative estimate of drug-likeness (QED) is 0.622. The zero-order chi connectivity index (χ0) is 15.5. The number of rotatable bonds is 3. The number of esters is 2. The molecule has 3 heterocycles. The zero-order valence-corrected chi connectivity index (χ0v) is 12.6. The maximum atomic E-state index is 11.9. The Morgan fingerprint density at radius 2 is 2.27 bits per heavy atom. The minimum absolute atomic E-state index is 0.100. The monoisotopic (exact) mass is 322 g/mol. The van der Waals surface area contributed by atoms with Gasteiger partial charge in [0.2, 0.25) is 0 Å². The molecule has 8 heteroatoms. The van der Waals surface area contributed by atoms with E-state index in [4.69, 9.17) is 13.9 Å². The van der Waals surface area contributed by atoms with Crippen LogP contribution in [-0.2, 0) is 14.3 Å². The van der Waals surface area contributed by atoms with Crippen molar-refractivity contribution in [2.24, 2.45) is 0 Å². The van der Waals surface area contributed by atoms with Gasteiger partial charge in [-0.25, -0.2) is 14.6 Å². The molecule has 2 aromatic heterocycles. The molecule has 0 N–H and O–H groups in total. The van der Waals surface area contributed by atoms with Gasteiger partial charge in [-0.2, -0.15) is 0 Å². The molecule has 1 aliphatic heterocycles. The smallest absolute Gasteiger partial charge is 0.424 e. The Kier molecular flexibility index (Phi) is 4.21. The molecule has 22 heavy (non-hydrogen) atoms. The van der Waals surface area contributed by atoms with E-state index < -0.39 is 18.0 Å². The first-order valence-electron chi connectivity index (χ1n) is 6.67. The van der Waals surface area contributed by atoms with E-state index in [1.807, 2.05) is 18.0 Å². The molecular formula is C14H14N2O5S. The topological polar surface area (TPSA) is 81.9 Å². The van der Waals surface area contributed by atoms with Crippen molar-refractivity contribution in [1.82, 2.24) is 9.88 Å². The fourth-order valence-corrected chi connectivity index (χ4v) is 2.91. The molecule has 3 rings (SSSR count). The predicted octanol–water partition coefficient (Wildman–Crippen LogP) is 1.28. The summed E-state index contributed by atoms with van der Waals surface area (Å²) in [6.45, 7) is 1.22. The summed E-state index contributed by atoms with van der Waals surface area (Å²) in [5.74, 6) is -1.46. The highest BCUT2D eigenvalue weighted by molar-refractivity contribution is 7.11. The molecule has 0 bridgehead atoms. The van der Waals surface area contributed by atoms with Gasteiger partial charge in [-0.05, 0) is 19.2 Å². The summed E-state index contributed by atoms with van der Waals surface area (Å²) in [5.41, 5.74) is 0. The van der Waals surface area contributed by atoms with E-state index in [2.05, 4.69) is 4.98 Å². The number of furan rings is 1. The van der Waals surface area contributed by atoms with Crippen LogP contribution in [0.3, 0.4) is 0 Å². The third kappa shape index (κ3) is 3.18. The minimum Gasteiger partial charge on any atom is -0.469 e. The molecule has 1 saturated heterocycles. The Hall–Kier alpha value is -2.19. The lowest BCUT2D eigenvalue weighted by Crippen LogP contribution is -2.31. The number of aromatic nitrogens is 1. The van der Waals surface area contributed by atoms with Crippen LogP contribution in [0.4, 0.5) is 0 Å². The van der Waals surface area contributed by atoms with Crippen LogP contribution in [0, 0.1) is 0 Å². The van der Waals surface area contributed by atoms with Crippen molar-refractivity contribution >= 4 is 23.3 Å². The fourth-order valence-electron chi connectivity index (χ4n) is 2.42. The van der Waals surface area contributed by atoms with Crippen LogP contribution in [0.15, 0.2) is 34.4 Å². The zero-order valence-electron chi connectivity index (χ0n) is 11.8. The standard InChI is InChI=1S/C14H14N2O5S/c1-16-7-9(10-3-2-5-19-10)11(8-16)20-12(17)13(18)21-14-15-4-6-22-14/h2-6,9,11H,7-8H2,1H3. The van der Waals surface area contributed by atoms with Crippen LogP contribution in [-0.4, -0.2) is 48.1 Å². The highest BCUT2D eigenvalue weighted by Crippen LogP contribution is 2.29. The first-order chi connectivity index (χ1) is 10.6. The predicted molar refractivity (Wildman–Crippen MR) is 76.6 cm³/mol. The third-order valence-corrected chi connectivity index (χ3v) is 4.02. The van der Waals surface area contributed by atoms with Crippen LogP contribution in [0.1, 0.15) is 11.7 Å². The van der Waals surface area contributed by atoms with Crippen LogP contribution in [0.5, 0.6) is 5.19 Å². The van der Waals surface area contributed by atoms with Gasteiger partial charge in [0.05, 0.1) is 12.2 Å². The second kappa shape index (κ2) is 6.29. The summed E-state index contributed by atoms with van der Waals surface area (Å²) in [5, 5.41) is 1.76. The van der Waals surface area contributed by atoms with Crippen molar-refractivity contribution in [1.29, 1.82) is 0 Å². The molecule has 2 atom stereocenters. The van der Waals surface area contributed by atoms with Gasteiger partial charge in [0.1, 0.15) is 11.9 Å². The minimum atomic E-state index is -1.07. The number of hydrogen-bond donors (Lipinski definition) is 0. The Morgan fingerprint density at radius 1 is 1.41 bits per heavy atom. The molecule has 1 fully saturated rings. The SMILES string of the molecule is CN1CC(OC(=O)C(=O)Oc2nccs2)C(c2ccco2)C1. The van der Waals surface area contributed by atoms with E-state index in [1.165, 1.54) is 6.20 Å². The molecular weight excluding hydrogens is 308 g/mol. The fraction of sp³-hybridized carbons (Fsp3) is 0.357. The molecule has 0 saturated carbocycles. The van der Waals surface area contributed by atoms with Crippen LogP contribution in [0.25, 0.3) is 0 Å². The van der Waals surface area contributed by atoms with E-state index in [0.29, 0.717) is 13.1 Å². The number of carbonyl (C=O) groups excluding carboxylic acids is 2. The molecule has 2 unspecified atom stereocenters. The van der Waals surface area contributed by atoms with Gasteiger partial charge in [0.25, 0.3) is 5.19 Å².